The third-order valence-electron chi connectivity index (χ3n) is 4.49. The van der Waals surface area contributed by atoms with Crippen LogP contribution in [-0.4, -0.2) is 17.0 Å². The van der Waals surface area contributed by atoms with Crippen LogP contribution in [0, 0.1) is 16.0 Å². The smallest absolute Gasteiger partial charge is 0.266 e. The summed E-state index contributed by atoms with van der Waals surface area (Å²) >= 11 is 1.52. The molecular formula is C18H19N3O3S. The van der Waals surface area contributed by atoms with Gasteiger partial charge in [0.25, 0.3) is 11.6 Å². The molecule has 0 unspecified atom stereocenters. The first-order chi connectivity index (χ1) is 12.1. The highest BCUT2D eigenvalue weighted by Gasteiger charge is 2.22. The monoisotopic (exact) mass is 357 g/mol. The lowest BCUT2D eigenvalue weighted by Gasteiger charge is -2.19. The van der Waals surface area contributed by atoms with E-state index in [-0.39, 0.29) is 11.6 Å². The van der Waals surface area contributed by atoms with Gasteiger partial charge in [0.15, 0.2) is 0 Å². The van der Waals surface area contributed by atoms with Crippen LogP contribution >= 0.6 is 11.3 Å². The maximum absolute atomic E-state index is 12.3. The van der Waals surface area contributed by atoms with Gasteiger partial charge in [0.1, 0.15) is 0 Å². The maximum Gasteiger partial charge on any atom is 0.281 e. The van der Waals surface area contributed by atoms with Crippen molar-refractivity contribution in [2.24, 2.45) is 11.0 Å². The highest BCUT2D eigenvalue weighted by Crippen LogP contribution is 2.33. The van der Waals surface area contributed by atoms with E-state index < -0.39 is 4.92 Å². The van der Waals surface area contributed by atoms with Crippen molar-refractivity contribution >= 4 is 29.1 Å². The molecule has 1 N–H and O–H groups in total. The fraction of sp³-hybridized carbons (Fsp3) is 0.333. The second kappa shape index (κ2) is 7.57. The Hall–Kier alpha value is -2.54. The fourth-order valence-corrected chi connectivity index (χ4v) is 4.14. The Kier molecular flexibility index (Phi) is 5.23. The summed E-state index contributed by atoms with van der Waals surface area (Å²) in [5, 5.41) is 14.8. The van der Waals surface area contributed by atoms with E-state index in [1.54, 1.807) is 18.2 Å². The molecule has 0 bridgehead atoms. The lowest BCUT2D eigenvalue weighted by atomic mass is 9.87. The number of hydrazone groups is 1. The molecule has 130 valence electrons. The minimum absolute atomic E-state index is 0.0438. The minimum Gasteiger partial charge on any atom is -0.266 e. The normalized spacial score (nSPS) is 16.6. The molecule has 0 radical (unpaired) electrons. The SMILES string of the molecule is CC[C@@H]1CCc2sc(C(=O)N/N=C\c3ccccc3[N+](=O)[O-])cc2C1. The van der Waals surface area contributed by atoms with Gasteiger partial charge in [-0.05, 0) is 42.9 Å². The van der Waals surface area contributed by atoms with Crippen molar-refractivity contribution < 1.29 is 9.72 Å². The first kappa shape index (κ1) is 17.3. The Morgan fingerprint density at radius 2 is 2.28 bits per heavy atom. The summed E-state index contributed by atoms with van der Waals surface area (Å²) in [6.07, 6.45) is 5.72. The molecule has 0 saturated heterocycles. The fourth-order valence-electron chi connectivity index (χ4n) is 3.04. The first-order valence-corrected chi connectivity index (χ1v) is 9.08. The highest BCUT2D eigenvalue weighted by atomic mass is 32.1. The van der Waals surface area contributed by atoms with Crippen LogP contribution in [0.15, 0.2) is 35.4 Å². The van der Waals surface area contributed by atoms with Crippen LogP contribution in [0.5, 0.6) is 0 Å². The van der Waals surface area contributed by atoms with Gasteiger partial charge < -0.3 is 0 Å². The lowest BCUT2D eigenvalue weighted by molar-refractivity contribution is -0.385. The van der Waals surface area contributed by atoms with E-state index in [0.29, 0.717) is 16.4 Å². The largest absolute Gasteiger partial charge is 0.281 e. The molecular weight excluding hydrogens is 338 g/mol. The van der Waals surface area contributed by atoms with Crippen LogP contribution in [0.4, 0.5) is 5.69 Å². The number of benzene rings is 1. The predicted molar refractivity (Wildman–Crippen MR) is 98.3 cm³/mol. The number of aryl methyl sites for hydroxylation is 1. The number of thiophene rings is 1. The van der Waals surface area contributed by atoms with Gasteiger partial charge in [-0.2, -0.15) is 5.10 Å². The van der Waals surface area contributed by atoms with Crippen molar-refractivity contribution in [2.75, 3.05) is 0 Å². The van der Waals surface area contributed by atoms with E-state index in [0.717, 1.165) is 19.3 Å². The molecule has 0 saturated carbocycles. The van der Waals surface area contributed by atoms with Crippen molar-refractivity contribution in [2.45, 2.75) is 32.6 Å². The number of fused-ring (bicyclic) bond motifs is 1. The summed E-state index contributed by atoms with van der Waals surface area (Å²) in [6, 6.07) is 8.22. The molecule has 6 nitrogen and oxygen atoms in total. The molecule has 1 aromatic carbocycles. The molecule has 0 spiro atoms. The number of nitro benzene ring substituents is 1. The van der Waals surface area contributed by atoms with E-state index in [1.807, 2.05) is 6.07 Å². The Morgan fingerprint density at radius 3 is 3.04 bits per heavy atom. The average Bonchev–Trinajstić information content (AvgIpc) is 3.05. The molecule has 0 aliphatic heterocycles. The highest BCUT2D eigenvalue weighted by molar-refractivity contribution is 7.14. The minimum atomic E-state index is -0.472. The van der Waals surface area contributed by atoms with Crippen molar-refractivity contribution in [1.82, 2.24) is 5.43 Å². The standard InChI is InChI=1S/C18H19N3O3S/c1-2-12-7-8-16-14(9-12)10-17(25-16)18(22)20-19-11-13-5-3-4-6-15(13)21(23)24/h3-6,10-12H,2,7-9H2,1H3,(H,20,22)/b19-11-/t12-/m1/s1. The molecule has 0 fully saturated rings. The Labute approximate surface area is 149 Å². The van der Waals surface area contributed by atoms with Crippen molar-refractivity contribution in [3.05, 3.63) is 61.3 Å². The molecule has 25 heavy (non-hydrogen) atoms. The number of amides is 1. The summed E-state index contributed by atoms with van der Waals surface area (Å²) in [5.74, 6) is 0.428. The van der Waals surface area contributed by atoms with Gasteiger partial charge in [-0.1, -0.05) is 25.5 Å². The first-order valence-electron chi connectivity index (χ1n) is 8.27. The molecule has 1 aromatic heterocycles. The Bertz CT molecular complexity index is 829. The van der Waals surface area contributed by atoms with Crippen LogP contribution in [0.2, 0.25) is 0 Å². The van der Waals surface area contributed by atoms with Gasteiger partial charge in [-0.15, -0.1) is 11.3 Å². The van der Waals surface area contributed by atoms with Crippen molar-refractivity contribution in [3.63, 3.8) is 0 Å². The summed E-state index contributed by atoms with van der Waals surface area (Å²) in [7, 11) is 0. The van der Waals surface area contributed by atoms with Gasteiger partial charge in [0.05, 0.1) is 21.6 Å². The number of nitrogens with one attached hydrogen (secondary N) is 1. The van der Waals surface area contributed by atoms with Crippen LogP contribution in [0.1, 0.15) is 45.4 Å². The number of rotatable bonds is 5. The number of hydrogen-bond donors (Lipinski definition) is 1. The third-order valence-corrected chi connectivity index (χ3v) is 5.73. The van der Waals surface area contributed by atoms with E-state index in [1.165, 1.54) is 40.5 Å². The number of nitro groups is 1. The predicted octanol–water partition coefficient (Wildman–Crippen LogP) is 3.94. The Balaban J connectivity index is 1.68. The van der Waals surface area contributed by atoms with E-state index >= 15 is 0 Å². The summed E-state index contributed by atoms with van der Waals surface area (Å²) in [4.78, 5) is 24.7. The summed E-state index contributed by atoms with van der Waals surface area (Å²) in [5.41, 5.74) is 4.05. The zero-order chi connectivity index (χ0) is 17.8. The summed E-state index contributed by atoms with van der Waals surface area (Å²) in [6.45, 7) is 2.20. The number of nitrogens with zero attached hydrogens (tertiary/aromatic N) is 2. The van der Waals surface area contributed by atoms with Crippen molar-refractivity contribution in [1.29, 1.82) is 0 Å². The second-order valence-corrected chi connectivity index (χ2v) is 7.23. The second-order valence-electron chi connectivity index (χ2n) is 6.09. The van der Waals surface area contributed by atoms with E-state index in [2.05, 4.69) is 17.5 Å². The van der Waals surface area contributed by atoms with E-state index in [9.17, 15) is 14.9 Å². The molecule has 1 amide bonds. The lowest BCUT2D eigenvalue weighted by Crippen LogP contribution is -2.16. The molecule has 7 heteroatoms. The number of para-hydroxylation sites is 1. The number of hydrogen-bond acceptors (Lipinski definition) is 5. The molecule has 1 aliphatic carbocycles. The van der Waals surface area contributed by atoms with Crippen molar-refractivity contribution in [3.8, 4) is 0 Å². The van der Waals surface area contributed by atoms with Crippen LogP contribution in [0.3, 0.4) is 0 Å². The zero-order valence-electron chi connectivity index (χ0n) is 13.9. The van der Waals surface area contributed by atoms with Crippen LogP contribution in [-0.2, 0) is 12.8 Å². The quantitative estimate of drug-likeness (QED) is 0.500. The number of carbonyl (C=O) groups excluding carboxylic acids is 1. The van der Waals surface area contributed by atoms with Gasteiger partial charge in [-0.25, -0.2) is 5.43 Å². The molecule has 1 atom stereocenters. The zero-order valence-corrected chi connectivity index (χ0v) is 14.7. The molecule has 1 aliphatic rings. The van der Waals surface area contributed by atoms with Gasteiger partial charge in [-0.3, -0.25) is 14.9 Å². The molecule has 3 rings (SSSR count). The van der Waals surface area contributed by atoms with Gasteiger partial charge in [0.2, 0.25) is 0 Å². The van der Waals surface area contributed by atoms with Crippen LogP contribution in [0.25, 0.3) is 0 Å². The summed E-state index contributed by atoms with van der Waals surface area (Å²) < 4.78 is 0. The average molecular weight is 357 g/mol. The number of carbonyl (C=O) groups is 1. The third kappa shape index (κ3) is 3.93. The van der Waals surface area contributed by atoms with E-state index in [4.69, 9.17) is 0 Å². The molecule has 1 heterocycles. The molecule has 2 aromatic rings. The van der Waals surface area contributed by atoms with Gasteiger partial charge >= 0.3 is 0 Å². The maximum atomic E-state index is 12.3. The Morgan fingerprint density at radius 1 is 1.48 bits per heavy atom. The topological polar surface area (TPSA) is 84.6 Å². The van der Waals surface area contributed by atoms with Gasteiger partial charge in [0, 0.05) is 10.9 Å². The van der Waals surface area contributed by atoms with Crippen LogP contribution < -0.4 is 5.43 Å².